The summed E-state index contributed by atoms with van der Waals surface area (Å²) in [5.74, 6) is 0. The van der Waals surface area contributed by atoms with Crippen LogP contribution in [0.4, 0.5) is 17.1 Å². The molecule has 66 heavy (non-hydrogen) atoms. The lowest BCUT2D eigenvalue weighted by atomic mass is 10.0. The van der Waals surface area contributed by atoms with E-state index >= 15 is 0 Å². The zero-order valence-corrected chi connectivity index (χ0v) is 38.1. The van der Waals surface area contributed by atoms with Crippen molar-refractivity contribution < 1.29 is 0 Å². The average Bonchev–Trinajstić information content (AvgIpc) is 4.03. The van der Waals surface area contributed by atoms with Crippen molar-refractivity contribution in [1.82, 2.24) is 4.57 Å². The summed E-state index contributed by atoms with van der Waals surface area (Å²) in [6, 6.07) is 80.6. The number of hydrogen-bond acceptors (Lipinski definition) is 3. The van der Waals surface area contributed by atoms with Crippen LogP contribution in [-0.2, 0) is 0 Å². The number of anilines is 3. The lowest BCUT2D eigenvalue weighted by molar-refractivity contribution is 1.04. The summed E-state index contributed by atoms with van der Waals surface area (Å²) in [5, 5.41) is 9.15. The van der Waals surface area contributed by atoms with Gasteiger partial charge in [-0.1, -0.05) is 146 Å². The first-order chi connectivity index (χ1) is 32.5. The molecule has 312 valence electrons. The maximum Gasteiger partial charge on any atom is 0.0612 e. The van der Waals surface area contributed by atoms with Gasteiger partial charge in [0.2, 0.25) is 0 Å². The Labute approximate surface area is 391 Å². The number of thiophene rings is 2. The molecule has 0 radical (unpaired) electrons. The Morgan fingerprint density at radius 1 is 0.333 bits per heavy atom. The van der Waals surface area contributed by atoms with E-state index in [2.05, 4.69) is 242 Å². The molecular weight excluding hydrogens is 837 g/mol. The van der Waals surface area contributed by atoms with E-state index in [-0.39, 0.29) is 0 Å². The molecule has 0 N–H and O–H groups in total. The number of rotatable bonds is 7. The summed E-state index contributed by atoms with van der Waals surface area (Å²) in [6.45, 7) is 4.48. The Balaban J connectivity index is 0.848. The summed E-state index contributed by atoms with van der Waals surface area (Å²) < 4.78 is 7.72. The molecule has 0 aliphatic heterocycles. The van der Waals surface area contributed by atoms with E-state index in [9.17, 15) is 0 Å². The number of benzene rings is 10. The van der Waals surface area contributed by atoms with Crippen LogP contribution >= 0.6 is 22.7 Å². The summed E-state index contributed by atoms with van der Waals surface area (Å²) in [7, 11) is 0. The maximum absolute atomic E-state index is 2.43. The molecule has 0 bridgehead atoms. The lowest BCUT2D eigenvalue weighted by Crippen LogP contribution is -2.09. The van der Waals surface area contributed by atoms with Gasteiger partial charge >= 0.3 is 0 Å². The Morgan fingerprint density at radius 3 is 1.24 bits per heavy atom. The molecule has 2 nitrogen and oxygen atoms in total. The number of fused-ring (bicyclic) bond motifs is 9. The van der Waals surface area contributed by atoms with Crippen LogP contribution in [0.3, 0.4) is 0 Å². The van der Waals surface area contributed by atoms with Crippen molar-refractivity contribution in [2.24, 2.45) is 0 Å². The minimum Gasteiger partial charge on any atom is -0.313 e. The van der Waals surface area contributed by atoms with Crippen LogP contribution in [-0.4, -0.2) is 4.57 Å². The molecule has 0 fully saturated rings. The third-order valence-corrected chi connectivity index (χ3v) is 15.9. The van der Waals surface area contributed by atoms with Crippen LogP contribution in [0.5, 0.6) is 0 Å². The summed E-state index contributed by atoms with van der Waals surface area (Å²) in [5.41, 5.74) is 15.6. The molecule has 0 unspecified atom stereocenters. The van der Waals surface area contributed by atoms with Gasteiger partial charge in [-0.15, -0.1) is 22.7 Å². The molecule has 0 aliphatic carbocycles. The topological polar surface area (TPSA) is 8.17 Å². The predicted octanol–water partition coefficient (Wildman–Crippen LogP) is 18.6. The fourth-order valence-corrected chi connectivity index (χ4v) is 12.4. The molecule has 0 spiro atoms. The highest BCUT2D eigenvalue weighted by molar-refractivity contribution is 7.26. The van der Waals surface area contributed by atoms with Crippen molar-refractivity contribution in [3.05, 3.63) is 230 Å². The van der Waals surface area contributed by atoms with E-state index in [1.165, 1.54) is 112 Å². The van der Waals surface area contributed by atoms with Crippen LogP contribution < -0.4 is 4.90 Å². The number of aromatic nitrogens is 1. The van der Waals surface area contributed by atoms with Crippen molar-refractivity contribution in [2.45, 2.75) is 13.8 Å². The highest BCUT2D eigenvalue weighted by atomic mass is 32.1. The molecule has 3 heterocycles. The smallest absolute Gasteiger partial charge is 0.0612 e. The Kier molecular flexibility index (Phi) is 9.06. The van der Waals surface area contributed by atoms with E-state index in [4.69, 9.17) is 0 Å². The largest absolute Gasteiger partial charge is 0.313 e. The second kappa shape index (κ2) is 15.5. The molecule has 13 aromatic rings. The monoisotopic (exact) mass is 878 g/mol. The van der Waals surface area contributed by atoms with Crippen molar-refractivity contribution in [2.75, 3.05) is 4.90 Å². The maximum atomic E-state index is 2.43. The molecule has 10 aromatic carbocycles. The normalized spacial score (nSPS) is 11.8. The first-order valence-corrected chi connectivity index (χ1v) is 24.2. The quantitative estimate of drug-likeness (QED) is 0.155. The molecule has 0 saturated heterocycles. The van der Waals surface area contributed by atoms with Gasteiger partial charge in [-0.25, -0.2) is 0 Å². The molecular formula is C62H42N2S2. The van der Waals surface area contributed by atoms with Crippen molar-refractivity contribution in [3.8, 4) is 39.1 Å². The third kappa shape index (κ3) is 6.36. The summed E-state index contributed by atoms with van der Waals surface area (Å²) in [6.07, 6.45) is 0. The first-order valence-electron chi connectivity index (χ1n) is 22.6. The molecule has 0 aliphatic rings. The minimum absolute atomic E-state index is 1.10. The highest BCUT2D eigenvalue weighted by Gasteiger charge is 2.18. The van der Waals surface area contributed by atoms with Crippen LogP contribution in [0.25, 0.3) is 101 Å². The van der Waals surface area contributed by atoms with E-state index in [1.54, 1.807) is 0 Å². The third-order valence-electron chi connectivity index (χ3n) is 13.7. The number of nitrogens with zero attached hydrogens (tertiary/aromatic N) is 2. The zero-order chi connectivity index (χ0) is 43.9. The zero-order valence-electron chi connectivity index (χ0n) is 36.5. The first kappa shape index (κ1) is 38.7. The van der Waals surface area contributed by atoms with Gasteiger partial charge in [0.25, 0.3) is 0 Å². The average molecular weight is 879 g/mol. The summed E-state index contributed by atoms with van der Waals surface area (Å²) >= 11 is 3.73. The Bertz CT molecular complexity index is 3820. The Hall–Kier alpha value is -7.76. The molecule has 0 saturated carbocycles. The van der Waals surface area contributed by atoms with Gasteiger partial charge in [-0.3, -0.25) is 0 Å². The van der Waals surface area contributed by atoms with Gasteiger partial charge in [0, 0.05) is 79.6 Å². The molecule has 13 rings (SSSR count). The van der Waals surface area contributed by atoms with Gasteiger partial charge in [0.15, 0.2) is 0 Å². The standard InChI is InChI=1S/C62H42N2S2/c1-39-40(2)63(62-52(39)34-23-45-9-3-4-10-53(45)62)48-26-15-41(16-27-48)42-17-28-49(29-18-42)64(50-30-19-43(20-31-50)46-24-35-56-54-11-5-7-13-58(54)65-60(56)37-46)51-32-21-44(22-33-51)47-25-36-57-55-12-6-8-14-59(55)66-61(57)38-47/h3-38H,1-2H3. The lowest BCUT2D eigenvalue weighted by Gasteiger charge is -2.26. The van der Waals surface area contributed by atoms with Gasteiger partial charge < -0.3 is 9.47 Å². The van der Waals surface area contributed by atoms with Gasteiger partial charge in [-0.2, -0.15) is 0 Å². The van der Waals surface area contributed by atoms with Gasteiger partial charge in [0.05, 0.1) is 5.52 Å². The summed E-state index contributed by atoms with van der Waals surface area (Å²) in [4.78, 5) is 2.37. The van der Waals surface area contributed by atoms with Crippen LogP contribution in [0.1, 0.15) is 11.3 Å². The molecule has 0 atom stereocenters. The van der Waals surface area contributed by atoms with Crippen molar-refractivity contribution in [3.63, 3.8) is 0 Å². The second-order valence-corrected chi connectivity index (χ2v) is 19.5. The fraction of sp³-hybridized carbons (Fsp3) is 0.0323. The van der Waals surface area contributed by atoms with Crippen molar-refractivity contribution in [1.29, 1.82) is 0 Å². The van der Waals surface area contributed by atoms with Crippen LogP contribution in [0.15, 0.2) is 218 Å². The number of hydrogen-bond donors (Lipinski definition) is 0. The van der Waals surface area contributed by atoms with Gasteiger partial charge in [0.1, 0.15) is 0 Å². The molecule has 3 aromatic heterocycles. The van der Waals surface area contributed by atoms with Crippen molar-refractivity contribution >= 4 is 102 Å². The van der Waals surface area contributed by atoms with E-state index in [1.807, 2.05) is 22.7 Å². The molecule has 0 amide bonds. The predicted molar refractivity (Wildman–Crippen MR) is 287 cm³/mol. The van der Waals surface area contributed by atoms with E-state index < -0.39 is 0 Å². The minimum atomic E-state index is 1.10. The van der Waals surface area contributed by atoms with Gasteiger partial charge in [-0.05, 0) is 131 Å². The Morgan fingerprint density at radius 2 is 0.727 bits per heavy atom. The number of aryl methyl sites for hydroxylation is 1. The fourth-order valence-electron chi connectivity index (χ4n) is 10.1. The highest BCUT2D eigenvalue weighted by Crippen LogP contribution is 2.42. The van der Waals surface area contributed by atoms with E-state index in [0.717, 1.165) is 17.1 Å². The second-order valence-electron chi connectivity index (χ2n) is 17.4. The SMILES string of the molecule is Cc1c(C)n(-c2ccc(-c3ccc(N(c4ccc(-c5ccc6c(c5)sc5ccccc56)cc4)c4ccc(-c5ccc6c(c5)sc5ccccc56)cc4)cc3)cc2)c2c1ccc1ccccc12. The van der Waals surface area contributed by atoms with Crippen LogP contribution in [0.2, 0.25) is 0 Å². The van der Waals surface area contributed by atoms with Crippen LogP contribution in [0, 0.1) is 13.8 Å². The van der Waals surface area contributed by atoms with E-state index in [0.29, 0.717) is 0 Å². The molecule has 4 heteroatoms.